The van der Waals surface area contributed by atoms with Crippen molar-refractivity contribution < 1.29 is 9.63 Å². The van der Waals surface area contributed by atoms with Crippen LogP contribution in [-0.4, -0.2) is 13.0 Å². The van der Waals surface area contributed by atoms with Gasteiger partial charge in [0.25, 0.3) is 0 Å². The number of rotatable bonds is 3. The number of fused-ring (bicyclic) bond motifs is 2. The second-order valence-electron chi connectivity index (χ2n) is 4.37. The van der Waals surface area contributed by atoms with Crippen molar-refractivity contribution in [3.63, 3.8) is 0 Å². The van der Waals surface area contributed by atoms with Crippen LogP contribution >= 0.6 is 0 Å². The second kappa shape index (κ2) is 3.66. The summed E-state index contributed by atoms with van der Waals surface area (Å²) >= 11 is 0. The zero-order valence-corrected chi connectivity index (χ0v) is 8.08. The standard InChI is InChI=1S/C10H17NO2/c1-13-11-10(12)6-9-5-7-2-3-8(9)4-7/h7-9H,2-6H2,1H3,(H,11,12)/t7-,8-,9+/m0/s1. The van der Waals surface area contributed by atoms with Crippen LogP contribution in [0.25, 0.3) is 0 Å². The average molecular weight is 183 g/mol. The summed E-state index contributed by atoms with van der Waals surface area (Å²) in [6.07, 6.45) is 6.03. The minimum Gasteiger partial charge on any atom is -0.277 e. The van der Waals surface area contributed by atoms with Gasteiger partial charge in [-0.05, 0) is 37.0 Å². The Morgan fingerprint density at radius 3 is 2.85 bits per heavy atom. The van der Waals surface area contributed by atoms with Crippen LogP contribution in [0.2, 0.25) is 0 Å². The fourth-order valence-electron chi connectivity index (χ4n) is 3.02. The maximum absolute atomic E-state index is 11.2. The summed E-state index contributed by atoms with van der Waals surface area (Å²) in [4.78, 5) is 15.8. The Balaban J connectivity index is 1.79. The van der Waals surface area contributed by atoms with E-state index in [0.29, 0.717) is 12.3 Å². The number of carbonyl (C=O) groups excluding carboxylic acids is 1. The lowest BCUT2D eigenvalue weighted by molar-refractivity contribution is -0.132. The Kier molecular flexibility index (Phi) is 2.54. The van der Waals surface area contributed by atoms with Crippen molar-refractivity contribution in [2.24, 2.45) is 17.8 Å². The summed E-state index contributed by atoms with van der Waals surface area (Å²) in [5.41, 5.74) is 2.39. The molecule has 0 unspecified atom stereocenters. The van der Waals surface area contributed by atoms with Gasteiger partial charge in [-0.2, -0.15) is 0 Å². The molecule has 3 heteroatoms. The molecule has 1 amide bonds. The van der Waals surface area contributed by atoms with E-state index in [1.807, 2.05) is 0 Å². The van der Waals surface area contributed by atoms with Crippen LogP contribution < -0.4 is 5.48 Å². The Hall–Kier alpha value is -0.570. The molecule has 0 aromatic rings. The molecule has 2 fully saturated rings. The number of nitrogens with one attached hydrogen (secondary N) is 1. The zero-order valence-electron chi connectivity index (χ0n) is 8.08. The van der Waals surface area contributed by atoms with Gasteiger partial charge in [0.1, 0.15) is 0 Å². The molecule has 74 valence electrons. The molecule has 0 aromatic heterocycles. The molecule has 0 saturated heterocycles. The van der Waals surface area contributed by atoms with E-state index in [9.17, 15) is 4.79 Å². The monoisotopic (exact) mass is 183 g/mol. The van der Waals surface area contributed by atoms with Gasteiger partial charge in [-0.3, -0.25) is 9.63 Å². The summed E-state index contributed by atoms with van der Waals surface area (Å²) in [6.45, 7) is 0. The first kappa shape index (κ1) is 9.00. The molecule has 0 aromatic carbocycles. The maximum atomic E-state index is 11.2. The summed E-state index contributed by atoms with van der Waals surface area (Å²) in [7, 11) is 1.48. The lowest BCUT2D eigenvalue weighted by Gasteiger charge is -2.20. The highest BCUT2D eigenvalue weighted by Gasteiger charge is 2.39. The SMILES string of the molecule is CONC(=O)C[C@H]1C[C@H]2CC[C@H]1C2. The summed E-state index contributed by atoms with van der Waals surface area (Å²) in [5, 5.41) is 0. The van der Waals surface area contributed by atoms with Crippen LogP contribution in [0.4, 0.5) is 0 Å². The van der Waals surface area contributed by atoms with Crippen LogP contribution in [0, 0.1) is 17.8 Å². The molecule has 3 atom stereocenters. The predicted molar refractivity (Wildman–Crippen MR) is 48.7 cm³/mol. The molecule has 0 heterocycles. The van der Waals surface area contributed by atoms with Gasteiger partial charge in [0, 0.05) is 6.42 Å². The van der Waals surface area contributed by atoms with E-state index >= 15 is 0 Å². The van der Waals surface area contributed by atoms with Gasteiger partial charge >= 0.3 is 0 Å². The highest BCUT2D eigenvalue weighted by molar-refractivity contribution is 5.75. The Morgan fingerprint density at radius 2 is 2.31 bits per heavy atom. The van der Waals surface area contributed by atoms with Crippen molar-refractivity contribution in [1.82, 2.24) is 5.48 Å². The number of hydrogen-bond acceptors (Lipinski definition) is 2. The van der Waals surface area contributed by atoms with Crippen molar-refractivity contribution in [3.05, 3.63) is 0 Å². The first-order valence-corrected chi connectivity index (χ1v) is 5.11. The van der Waals surface area contributed by atoms with Gasteiger partial charge < -0.3 is 0 Å². The molecular weight excluding hydrogens is 166 g/mol. The van der Waals surface area contributed by atoms with E-state index in [0.717, 1.165) is 11.8 Å². The lowest BCUT2D eigenvalue weighted by Crippen LogP contribution is -2.26. The fraction of sp³-hybridized carbons (Fsp3) is 0.900. The van der Waals surface area contributed by atoms with Gasteiger partial charge in [-0.15, -0.1) is 0 Å². The van der Waals surface area contributed by atoms with E-state index in [2.05, 4.69) is 10.3 Å². The van der Waals surface area contributed by atoms with Crippen molar-refractivity contribution in [2.45, 2.75) is 32.1 Å². The third-order valence-corrected chi connectivity index (χ3v) is 3.55. The number of hydroxylamine groups is 1. The first-order chi connectivity index (χ1) is 6.29. The van der Waals surface area contributed by atoms with Crippen molar-refractivity contribution in [2.75, 3.05) is 7.11 Å². The first-order valence-electron chi connectivity index (χ1n) is 5.11. The molecule has 1 N–H and O–H groups in total. The summed E-state index contributed by atoms with van der Waals surface area (Å²) < 4.78 is 0. The molecule has 2 aliphatic carbocycles. The average Bonchev–Trinajstić information content (AvgIpc) is 2.65. The van der Waals surface area contributed by atoms with Crippen LogP contribution in [0.3, 0.4) is 0 Å². The topological polar surface area (TPSA) is 38.3 Å². The van der Waals surface area contributed by atoms with Gasteiger partial charge in [-0.1, -0.05) is 6.42 Å². The third kappa shape index (κ3) is 1.85. The van der Waals surface area contributed by atoms with Crippen molar-refractivity contribution >= 4 is 5.91 Å². The number of hydrogen-bond donors (Lipinski definition) is 1. The van der Waals surface area contributed by atoms with E-state index in [4.69, 9.17) is 0 Å². The Morgan fingerprint density at radius 1 is 1.46 bits per heavy atom. The van der Waals surface area contributed by atoms with Gasteiger partial charge in [0.2, 0.25) is 5.91 Å². The van der Waals surface area contributed by atoms with Crippen molar-refractivity contribution in [1.29, 1.82) is 0 Å². The Labute approximate surface area is 78.8 Å². The quantitative estimate of drug-likeness (QED) is 0.673. The highest BCUT2D eigenvalue weighted by Crippen LogP contribution is 2.49. The molecule has 0 spiro atoms. The highest BCUT2D eigenvalue weighted by atomic mass is 16.6. The third-order valence-electron chi connectivity index (χ3n) is 3.55. The second-order valence-corrected chi connectivity index (χ2v) is 4.37. The summed E-state index contributed by atoms with van der Waals surface area (Å²) in [6, 6.07) is 0. The summed E-state index contributed by atoms with van der Waals surface area (Å²) in [5.74, 6) is 2.42. The largest absolute Gasteiger partial charge is 0.277 e. The van der Waals surface area contributed by atoms with E-state index in [1.54, 1.807) is 0 Å². The van der Waals surface area contributed by atoms with Crippen LogP contribution in [0.5, 0.6) is 0 Å². The fourth-order valence-corrected chi connectivity index (χ4v) is 3.02. The minimum absolute atomic E-state index is 0.0417. The van der Waals surface area contributed by atoms with E-state index in [-0.39, 0.29) is 5.91 Å². The molecule has 2 bridgehead atoms. The zero-order chi connectivity index (χ0) is 9.26. The molecular formula is C10H17NO2. The van der Waals surface area contributed by atoms with Gasteiger partial charge in [-0.25, -0.2) is 5.48 Å². The number of carbonyl (C=O) groups is 1. The van der Waals surface area contributed by atoms with Gasteiger partial charge in [0.15, 0.2) is 0 Å². The van der Waals surface area contributed by atoms with Crippen LogP contribution in [0.15, 0.2) is 0 Å². The van der Waals surface area contributed by atoms with Gasteiger partial charge in [0.05, 0.1) is 7.11 Å². The lowest BCUT2D eigenvalue weighted by atomic mass is 9.86. The van der Waals surface area contributed by atoms with E-state index in [1.165, 1.54) is 32.8 Å². The maximum Gasteiger partial charge on any atom is 0.243 e. The molecule has 0 aliphatic heterocycles. The smallest absolute Gasteiger partial charge is 0.243 e. The van der Waals surface area contributed by atoms with E-state index < -0.39 is 0 Å². The number of amides is 1. The predicted octanol–water partition coefficient (Wildman–Crippen LogP) is 1.49. The molecule has 0 radical (unpaired) electrons. The molecule has 13 heavy (non-hydrogen) atoms. The Bertz CT molecular complexity index is 205. The van der Waals surface area contributed by atoms with Crippen LogP contribution in [0.1, 0.15) is 32.1 Å². The minimum atomic E-state index is 0.0417. The molecule has 2 rings (SSSR count). The van der Waals surface area contributed by atoms with Crippen LogP contribution in [-0.2, 0) is 9.63 Å². The molecule has 2 aliphatic rings. The normalized spacial score (nSPS) is 36.5. The molecule has 2 saturated carbocycles. The van der Waals surface area contributed by atoms with Crippen molar-refractivity contribution in [3.8, 4) is 0 Å². The molecule has 3 nitrogen and oxygen atoms in total.